The van der Waals surface area contributed by atoms with Gasteiger partial charge in [-0.1, -0.05) is 0 Å². The number of nitrogens with two attached hydrogens (primary N) is 1. The van der Waals surface area contributed by atoms with Gasteiger partial charge < -0.3 is 0 Å². The molecule has 0 heterocycles. The zero-order valence-corrected chi connectivity index (χ0v) is 8.60. The standard InChI is InChI=1S/CH3NO2.Sn.3H/c2-1(3)4;;;;/h2H2,(H,3,4);;;;/q;+1;;;/p-1. The molecule has 0 spiro atoms. The van der Waals surface area contributed by atoms with Gasteiger partial charge in [-0.2, -0.15) is 0 Å². The number of amides is 1. The molecule has 0 atom stereocenters. The van der Waals surface area contributed by atoms with Gasteiger partial charge in [-0.05, 0) is 0 Å². The first-order valence-electron chi connectivity index (χ1n) is 1.11. The van der Waals surface area contributed by atoms with Gasteiger partial charge in [0.2, 0.25) is 0 Å². The second-order valence-electron chi connectivity index (χ2n) is 0.523. The fraction of sp³-hybridized carbons (Fsp3) is 0. The molecule has 4 heteroatoms. The van der Waals surface area contributed by atoms with Gasteiger partial charge in [0.15, 0.2) is 0 Å². The van der Waals surface area contributed by atoms with Crippen molar-refractivity contribution < 1.29 is 7.87 Å². The topological polar surface area (TPSA) is 52.3 Å². The van der Waals surface area contributed by atoms with Gasteiger partial charge >= 0.3 is 42.6 Å². The molecule has 0 bridgehead atoms. The number of carbonyl (C=O) groups is 1. The Balaban J connectivity index is 2.85. The average Bonchev–Trinajstić information content (AvgIpc) is 1.38. The Kier molecular flexibility index (Phi) is 2.35. The molecular weight excluding hydrogens is 177 g/mol. The van der Waals surface area contributed by atoms with Crippen molar-refractivity contribution >= 4 is 29.0 Å². The van der Waals surface area contributed by atoms with Crippen LogP contribution in [0, 0.1) is 0 Å². The van der Waals surface area contributed by atoms with Crippen LogP contribution in [-0.4, -0.2) is 29.0 Å². The van der Waals surface area contributed by atoms with Crippen LogP contribution in [-0.2, 0) is 3.07 Å². The van der Waals surface area contributed by atoms with Gasteiger partial charge in [-0.3, -0.25) is 0 Å². The molecule has 0 unspecified atom stereocenters. The molecule has 0 aromatic heterocycles. The number of rotatable bonds is 0. The predicted molar refractivity (Wildman–Crippen MR) is 20.6 cm³/mol. The van der Waals surface area contributed by atoms with Crippen LogP contribution < -0.4 is 5.73 Å². The summed E-state index contributed by atoms with van der Waals surface area (Å²) in [7, 11) is 0. The van der Waals surface area contributed by atoms with E-state index in [-0.39, 0.29) is 22.9 Å². The first-order valence-corrected chi connectivity index (χ1v) is 3.44. The quantitative estimate of drug-likeness (QED) is 0.456. The molecular formula is CH5NO2Sn. The molecule has 0 aromatic carbocycles. The molecule has 0 aliphatic rings. The fourth-order valence-electron chi connectivity index (χ4n) is 0. The van der Waals surface area contributed by atoms with Crippen LogP contribution in [0.2, 0.25) is 0 Å². The SMILES string of the molecule is NC(=O)[O][SnH3]. The minimum atomic E-state index is -0.652. The Hall–Kier alpha value is 0.0687. The maximum absolute atomic E-state index is 9.42. The maximum atomic E-state index is 9.42. The second-order valence-corrected chi connectivity index (χ2v) is 1.69. The molecule has 0 fully saturated rings. The summed E-state index contributed by atoms with van der Waals surface area (Å²) in [5.41, 5.74) is 4.48. The van der Waals surface area contributed by atoms with Gasteiger partial charge in [0.05, 0.1) is 0 Å². The summed E-state index contributed by atoms with van der Waals surface area (Å²) in [5.74, 6) is 0. The minimum absolute atomic E-state index is 0.0238. The molecule has 0 aromatic rings. The molecule has 0 aliphatic heterocycles. The molecule has 5 heavy (non-hydrogen) atoms. The molecule has 3 nitrogen and oxygen atoms in total. The van der Waals surface area contributed by atoms with Gasteiger partial charge in [0, 0.05) is 0 Å². The summed E-state index contributed by atoms with van der Waals surface area (Å²) in [6.45, 7) is 0. The summed E-state index contributed by atoms with van der Waals surface area (Å²) in [5, 5.41) is 0. The van der Waals surface area contributed by atoms with E-state index in [1.807, 2.05) is 0 Å². The fourth-order valence-corrected chi connectivity index (χ4v) is 0. The van der Waals surface area contributed by atoms with Crippen LogP contribution >= 0.6 is 0 Å². The Morgan fingerprint density at radius 1 is 2.00 bits per heavy atom. The molecule has 0 aliphatic carbocycles. The van der Waals surface area contributed by atoms with Crippen molar-refractivity contribution in [2.24, 2.45) is 5.73 Å². The number of hydrogen-bond acceptors (Lipinski definition) is 2. The van der Waals surface area contributed by atoms with Crippen molar-refractivity contribution in [2.45, 2.75) is 0 Å². The summed E-state index contributed by atoms with van der Waals surface area (Å²) in [6.07, 6.45) is -0.652. The zero-order chi connectivity index (χ0) is 4.28. The van der Waals surface area contributed by atoms with E-state index in [4.69, 9.17) is 0 Å². The molecule has 30 valence electrons. The predicted octanol–water partition coefficient (Wildman–Crippen LogP) is -1.64. The van der Waals surface area contributed by atoms with Gasteiger partial charge in [0.25, 0.3) is 0 Å². The van der Waals surface area contributed by atoms with Crippen molar-refractivity contribution in [3.63, 3.8) is 0 Å². The normalized spacial score (nSPS) is 7.20. The first-order chi connectivity index (χ1) is 2.27. The Labute approximate surface area is 43.1 Å². The van der Waals surface area contributed by atoms with E-state index in [9.17, 15) is 4.79 Å². The molecule has 0 saturated heterocycles. The third-order valence-electron chi connectivity index (χ3n) is 0.201. The van der Waals surface area contributed by atoms with E-state index in [1.54, 1.807) is 0 Å². The van der Waals surface area contributed by atoms with E-state index in [2.05, 4.69) is 8.81 Å². The molecule has 2 N–H and O–H groups in total. The van der Waals surface area contributed by atoms with Gasteiger partial charge in [-0.15, -0.1) is 0 Å². The Morgan fingerprint density at radius 2 is 2.20 bits per heavy atom. The second kappa shape index (κ2) is 2.31. The summed E-state index contributed by atoms with van der Waals surface area (Å²) >= 11 is -0.0238. The average molecular weight is 182 g/mol. The Bertz CT molecular complexity index is 44.9. The monoisotopic (exact) mass is 183 g/mol. The number of primary amides is 1. The summed E-state index contributed by atoms with van der Waals surface area (Å²) < 4.78 is 4.10. The van der Waals surface area contributed by atoms with Crippen LogP contribution in [0.3, 0.4) is 0 Å². The van der Waals surface area contributed by atoms with E-state index in [0.717, 1.165) is 0 Å². The van der Waals surface area contributed by atoms with Crippen molar-refractivity contribution in [3.8, 4) is 0 Å². The zero-order valence-electron chi connectivity index (χ0n) is 2.89. The van der Waals surface area contributed by atoms with E-state index >= 15 is 0 Å². The van der Waals surface area contributed by atoms with E-state index < -0.39 is 6.09 Å². The van der Waals surface area contributed by atoms with Crippen molar-refractivity contribution in [1.82, 2.24) is 0 Å². The van der Waals surface area contributed by atoms with Crippen LogP contribution in [0.25, 0.3) is 0 Å². The summed E-state index contributed by atoms with van der Waals surface area (Å²) in [6, 6.07) is 0. The molecule has 0 radical (unpaired) electrons. The van der Waals surface area contributed by atoms with Crippen molar-refractivity contribution in [3.05, 3.63) is 0 Å². The van der Waals surface area contributed by atoms with Crippen LogP contribution in [0.5, 0.6) is 0 Å². The molecule has 0 saturated carbocycles. The number of carbonyl (C=O) groups excluding carboxylic acids is 1. The van der Waals surface area contributed by atoms with E-state index in [0.29, 0.717) is 0 Å². The summed E-state index contributed by atoms with van der Waals surface area (Å²) in [4.78, 5) is 9.42. The third kappa shape index (κ3) is 4.07. The van der Waals surface area contributed by atoms with Crippen molar-refractivity contribution in [1.29, 1.82) is 0 Å². The molecule has 1 amide bonds. The Morgan fingerprint density at radius 3 is 2.20 bits per heavy atom. The van der Waals surface area contributed by atoms with Crippen LogP contribution in [0.1, 0.15) is 0 Å². The molecule has 0 rings (SSSR count). The van der Waals surface area contributed by atoms with Crippen LogP contribution in [0.4, 0.5) is 4.79 Å². The van der Waals surface area contributed by atoms with Crippen molar-refractivity contribution in [2.75, 3.05) is 0 Å². The first kappa shape index (κ1) is 5.07. The van der Waals surface area contributed by atoms with Crippen LogP contribution in [0.15, 0.2) is 0 Å². The van der Waals surface area contributed by atoms with Gasteiger partial charge in [-0.25, -0.2) is 0 Å². The third-order valence-corrected chi connectivity index (χ3v) is 1.35. The van der Waals surface area contributed by atoms with E-state index in [1.165, 1.54) is 0 Å². The number of hydrogen-bond donors (Lipinski definition) is 1. The van der Waals surface area contributed by atoms with Gasteiger partial charge in [0.1, 0.15) is 0 Å².